The Labute approximate surface area is 178 Å². The van der Waals surface area contributed by atoms with Gasteiger partial charge in [-0.1, -0.05) is 30.3 Å². The van der Waals surface area contributed by atoms with Crippen LogP contribution in [0.2, 0.25) is 0 Å². The van der Waals surface area contributed by atoms with E-state index in [1.54, 1.807) is 12.1 Å². The fourth-order valence-corrected chi connectivity index (χ4v) is 5.50. The number of amides is 2. The molecular weight excluding hydrogens is 402 g/mol. The van der Waals surface area contributed by atoms with Gasteiger partial charge in [0, 0.05) is 29.3 Å². The van der Waals surface area contributed by atoms with Crippen LogP contribution in [0.3, 0.4) is 0 Å². The molecule has 3 aliphatic rings. The molecule has 3 saturated heterocycles. The second-order valence-electron chi connectivity index (χ2n) is 8.48. The third-order valence-corrected chi connectivity index (χ3v) is 6.85. The molecule has 0 saturated carbocycles. The van der Waals surface area contributed by atoms with Gasteiger partial charge in [0.25, 0.3) is 0 Å². The normalized spacial score (nSPS) is 27.6. The number of nitrogen functional groups attached to an aromatic ring is 1. The van der Waals surface area contributed by atoms with Gasteiger partial charge in [-0.15, -0.1) is 0 Å². The molecule has 160 valence electrons. The quantitative estimate of drug-likeness (QED) is 0.448. The monoisotopic (exact) mass is 424 g/mol. The van der Waals surface area contributed by atoms with Crippen molar-refractivity contribution in [3.05, 3.63) is 70.8 Å². The summed E-state index contributed by atoms with van der Waals surface area (Å²) in [6, 6.07) is 10.1. The summed E-state index contributed by atoms with van der Waals surface area (Å²) in [7, 11) is 0. The van der Waals surface area contributed by atoms with Gasteiger partial charge in [-0.3, -0.25) is 24.8 Å². The van der Waals surface area contributed by atoms with E-state index in [0.29, 0.717) is 5.56 Å². The van der Waals surface area contributed by atoms with Gasteiger partial charge in [0.2, 0.25) is 11.8 Å². The molecule has 0 radical (unpaired) electrons. The zero-order valence-corrected chi connectivity index (χ0v) is 16.7. The van der Waals surface area contributed by atoms with Crippen molar-refractivity contribution in [2.45, 2.75) is 31.5 Å². The molecule has 3 aliphatic heterocycles. The number of amidine groups is 1. The van der Waals surface area contributed by atoms with Gasteiger partial charge in [0.1, 0.15) is 17.5 Å². The van der Waals surface area contributed by atoms with E-state index >= 15 is 0 Å². The third-order valence-electron chi connectivity index (χ3n) is 6.85. The van der Waals surface area contributed by atoms with E-state index in [1.807, 2.05) is 12.1 Å². The van der Waals surface area contributed by atoms with Crippen molar-refractivity contribution in [1.82, 2.24) is 9.80 Å². The molecule has 0 unspecified atom stereocenters. The Balaban J connectivity index is 1.49. The summed E-state index contributed by atoms with van der Waals surface area (Å²) in [6.07, 6.45) is 1.78. The molecule has 0 aliphatic carbocycles. The van der Waals surface area contributed by atoms with E-state index in [-0.39, 0.29) is 41.8 Å². The number of hydrogen-bond acceptors (Lipinski definition) is 4. The number of nitrogens with two attached hydrogens (primary N) is 1. The predicted octanol–water partition coefficient (Wildman–Crippen LogP) is 2.57. The lowest BCUT2D eigenvalue weighted by atomic mass is 9.85. The molecule has 0 spiro atoms. The van der Waals surface area contributed by atoms with Crippen molar-refractivity contribution in [3.63, 3.8) is 0 Å². The number of carbonyl (C=O) groups excluding carboxylic acids is 2. The largest absolute Gasteiger partial charge is 0.384 e. The molecule has 4 atom stereocenters. The second-order valence-corrected chi connectivity index (χ2v) is 8.48. The van der Waals surface area contributed by atoms with Crippen molar-refractivity contribution >= 4 is 17.6 Å². The number of nitrogens with zero attached hydrogens (tertiary/aromatic N) is 2. The molecule has 3 N–H and O–H groups in total. The summed E-state index contributed by atoms with van der Waals surface area (Å²) in [5.74, 6) is -3.09. The van der Waals surface area contributed by atoms with Crippen molar-refractivity contribution in [1.29, 1.82) is 5.41 Å². The summed E-state index contributed by atoms with van der Waals surface area (Å²) < 4.78 is 27.4. The lowest BCUT2D eigenvalue weighted by Gasteiger charge is -2.29. The third kappa shape index (κ3) is 3.05. The number of imide groups is 1. The number of hydrogen-bond donors (Lipinski definition) is 2. The fraction of sp³-hybridized carbons (Fsp3) is 0.348. The summed E-state index contributed by atoms with van der Waals surface area (Å²) >= 11 is 0. The molecule has 3 heterocycles. The molecule has 2 aromatic carbocycles. The Hall–Kier alpha value is -3.13. The van der Waals surface area contributed by atoms with E-state index in [2.05, 4.69) is 4.90 Å². The maximum atomic E-state index is 14.2. The van der Waals surface area contributed by atoms with Crippen molar-refractivity contribution in [2.24, 2.45) is 17.6 Å². The lowest BCUT2D eigenvalue weighted by molar-refractivity contribution is -0.142. The average molecular weight is 424 g/mol. The van der Waals surface area contributed by atoms with Crippen LogP contribution in [0.25, 0.3) is 0 Å². The highest BCUT2D eigenvalue weighted by atomic mass is 19.1. The summed E-state index contributed by atoms with van der Waals surface area (Å²) in [6.45, 7) is 0.615. The van der Waals surface area contributed by atoms with Crippen LogP contribution in [0.1, 0.15) is 35.6 Å². The van der Waals surface area contributed by atoms with Gasteiger partial charge < -0.3 is 5.73 Å². The Morgan fingerprint density at radius 2 is 1.77 bits per heavy atom. The fourth-order valence-electron chi connectivity index (χ4n) is 5.50. The molecule has 8 heteroatoms. The van der Waals surface area contributed by atoms with Crippen LogP contribution < -0.4 is 5.73 Å². The highest BCUT2D eigenvalue weighted by molar-refractivity contribution is 6.06. The number of carbonyl (C=O) groups is 2. The van der Waals surface area contributed by atoms with Crippen LogP contribution in [0.15, 0.2) is 42.5 Å². The van der Waals surface area contributed by atoms with Crippen LogP contribution in [0.4, 0.5) is 8.78 Å². The first-order valence-electron chi connectivity index (χ1n) is 10.4. The first kappa shape index (κ1) is 19.8. The SMILES string of the molecule is N=C(N)c1ccc([C@H]2[C@H]3C(=O)N(Cc4ccc(F)cc4F)C(=O)[C@H]3[C@@H]3CCCN32)cc1. The number of rotatable bonds is 4. The van der Waals surface area contributed by atoms with E-state index in [1.165, 1.54) is 6.07 Å². The number of likely N-dealkylation sites (tertiary alicyclic amines) is 1. The maximum Gasteiger partial charge on any atom is 0.235 e. The molecular formula is C23H22F2N4O2. The Kier molecular flexibility index (Phi) is 4.62. The smallest absolute Gasteiger partial charge is 0.235 e. The zero-order valence-electron chi connectivity index (χ0n) is 16.7. The topological polar surface area (TPSA) is 90.5 Å². The minimum Gasteiger partial charge on any atom is -0.384 e. The van der Waals surface area contributed by atoms with Gasteiger partial charge >= 0.3 is 0 Å². The molecule has 0 bridgehead atoms. The molecule has 0 aromatic heterocycles. The van der Waals surface area contributed by atoms with E-state index in [9.17, 15) is 18.4 Å². The van der Waals surface area contributed by atoms with E-state index in [4.69, 9.17) is 11.1 Å². The molecule has 2 aromatic rings. The standard InChI is InChI=1S/C23H22F2N4O2/c24-15-8-7-14(16(25)10-15)11-29-22(30)18-17-2-1-9-28(17)20(19(18)23(29)31)12-3-5-13(6-4-12)21(26)27/h3-8,10,17-20H,1-2,9,11H2,(H3,26,27)/t17-,18-,19-,20-/m0/s1. The Morgan fingerprint density at radius 3 is 2.45 bits per heavy atom. The second kappa shape index (κ2) is 7.23. The van der Waals surface area contributed by atoms with Crippen molar-refractivity contribution in [3.8, 4) is 0 Å². The van der Waals surface area contributed by atoms with Crippen LogP contribution in [-0.2, 0) is 16.1 Å². The van der Waals surface area contributed by atoms with Crippen LogP contribution in [-0.4, -0.2) is 40.0 Å². The van der Waals surface area contributed by atoms with Gasteiger partial charge in [-0.05, 0) is 31.0 Å². The highest BCUT2D eigenvalue weighted by Crippen LogP contribution is 2.53. The lowest BCUT2D eigenvalue weighted by Crippen LogP contribution is -2.39. The molecule has 2 amide bonds. The number of nitrogens with one attached hydrogen (secondary N) is 1. The predicted molar refractivity (Wildman–Crippen MR) is 109 cm³/mol. The first-order valence-corrected chi connectivity index (χ1v) is 10.4. The molecule has 31 heavy (non-hydrogen) atoms. The van der Waals surface area contributed by atoms with Gasteiger partial charge in [0.15, 0.2) is 0 Å². The number of fused-ring (bicyclic) bond motifs is 3. The Bertz CT molecular complexity index is 1090. The molecule has 5 rings (SSSR count). The van der Waals surface area contributed by atoms with E-state index in [0.717, 1.165) is 42.0 Å². The van der Waals surface area contributed by atoms with Crippen LogP contribution in [0, 0.1) is 28.9 Å². The molecule has 3 fully saturated rings. The van der Waals surface area contributed by atoms with Crippen LogP contribution >= 0.6 is 0 Å². The zero-order chi connectivity index (χ0) is 21.9. The van der Waals surface area contributed by atoms with Gasteiger partial charge in [-0.25, -0.2) is 8.78 Å². The summed E-state index contributed by atoms with van der Waals surface area (Å²) in [4.78, 5) is 30.1. The van der Waals surface area contributed by atoms with Gasteiger partial charge in [-0.2, -0.15) is 0 Å². The Morgan fingerprint density at radius 1 is 1.06 bits per heavy atom. The number of halogens is 2. The van der Waals surface area contributed by atoms with Gasteiger partial charge in [0.05, 0.1) is 18.4 Å². The van der Waals surface area contributed by atoms with Crippen LogP contribution in [0.5, 0.6) is 0 Å². The van der Waals surface area contributed by atoms with Crippen molar-refractivity contribution in [2.75, 3.05) is 6.54 Å². The average Bonchev–Trinajstić information content (AvgIpc) is 3.38. The molecule has 6 nitrogen and oxygen atoms in total. The first-order chi connectivity index (χ1) is 14.9. The summed E-state index contributed by atoms with van der Waals surface area (Å²) in [5, 5.41) is 7.58. The number of benzene rings is 2. The minimum atomic E-state index is -0.767. The highest BCUT2D eigenvalue weighted by Gasteiger charge is 2.62. The van der Waals surface area contributed by atoms with E-state index < -0.39 is 23.5 Å². The van der Waals surface area contributed by atoms with Crippen molar-refractivity contribution < 1.29 is 18.4 Å². The summed E-state index contributed by atoms with van der Waals surface area (Å²) in [5.41, 5.74) is 7.17. The maximum absolute atomic E-state index is 14.2. The minimum absolute atomic E-state index is 0.0259.